The Morgan fingerprint density at radius 3 is 2.53 bits per heavy atom. The molecule has 0 spiro atoms. The third kappa shape index (κ3) is 2.23. The smallest absolute Gasteiger partial charge is 0.113 e. The van der Waals surface area contributed by atoms with Crippen molar-refractivity contribution >= 4 is 11.3 Å². The van der Waals surface area contributed by atoms with Gasteiger partial charge in [0.05, 0.1) is 11.2 Å². The molecule has 1 saturated carbocycles. The maximum atomic E-state index is 4.69. The van der Waals surface area contributed by atoms with Gasteiger partial charge in [0.15, 0.2) is 0 Å². The Labute approximate surface area is 96.1 Å². The molecule has 1 N–H and O–H groups in total. The van der Waals surface area contributed by atoms with Gasteiger partial charge in [0.25, 0.3) is 0 Å². The van der Waals surface area contributed by atoms with Crippen molar-refractivity contribution in [1.29, 1.82) is 0 Å². The monoisotopic (exact) mass is 224 g/mol. The molecule has 0 aromatic carbocycles. The van der Waals surface area contributed by atoms with Crippen LogP contribution in [-0.2, 0) is 5.54 Å². The summed E-state index contributed by atoms with van der Waals surface area (Å²) in [7, 11) is 0. The van der Waals surface area contributed by atoms with Crippen LogP contribution in [0, 0.1) is 13.8 Å². The summed E-state index contributed by atoms with van der Waals surface area (Å²) in [4.78, 5) is 6.04. The molecule has 1 aromatic heterocycles. The number of nitrogens with zero attached hydrogens (tertiary/aromatic N) is 1. The predicted molar refractivity (Wildman–Crippen MR) is 65.4 cm³/mol. The van der Waals surface area contributed by atoms with Gasteiger partial charge in [-0.1, -0.05) is 6.92 Å². The highest BCUT2D eigenvalue weighted by Crippen LogP contribution is 2.33. The fraction of sp³-hybridized carbons (Fsp3) is 0.750. The number of thiazole rings is 1. The van der Waals surface area contributed by atoms with Gasteiger partial charge in [0.2, 0.25) is 0 Å². The highest BCUT2D eigenvalue weighted by atomic mass is 32.1. The van der Waals surface area contributed by atoms with Crippen LogP contribution < -0.4 is 5.32 Å². The molecule has 1 heterocycles. The second kappa shape index (κ2) is 3.87. The fourth-order valence-corrected chi connectivity index (χ4v) is 2.80. The third-order valence-corrected chi connectivity index (χ3v) is 4.64. The summed E-state index contributed by atoms with van der Waals surface area (Å²) in [5, 5.41) is 4.98. The van der Waals surface area contributed by atoms with Gasteiger partial charge < -0.3 is 5.32 Å². The van der Waals surface area contributed by atoms with Crippen molar-refractivity contribution in [1.82, 2.24) is 10.3 Å². The van der Waals surface area contributed by atoms with E-state index in [0.29, 0.717) is 0 Å². The summed E-state index contributed by atoms with van der Waals surface area (Å²) in [6.45, 7) is 8.77. The first kappa shape index (κ1) is 11.1. The summed E-state index contributed by atoms with van der Waals surface area (Å²) in [5.41, 5.74) is 1.28. The number of nitrogens with one attached hydrogen (secondary N) is 1. The van der Waals surface area contributed by atoms with E-state index in [1.165, 1.54) is 28.4 Å². The van der Waals surface area contributed by atoms with Crippen molar-refractivity contribution in [3.63, 3.8) is 0 Å². The molecule has 2 rings (SSSR count). The summed E-state index contributed by atoms with van der Waals surface area (Å²) >= 11 is 1.84. The molecule has 1 atom stereocenters. The minimum absolute atomic E-state index is 0.0881. The Hall–Kier alpha value is -0.410. The molecule has 0 aliphatic heterocycles. The molecule has 1 fully saturated rings. The zero-order valence-electron chi connectivity index (χ0n) is 10.1. The van der Waals surface area contributed by atoms with Gasteiger partial charge in [-0.15, -0.1) is 11.3 Å². The van der Waals surface area contributed by atoms with Gasteiger partial charge in [-0.2, -0.15) is 0 Å². The van der Waals surface area contributed by atoms with Gasteiger partial charge in [0, 0.05) is 10.9 Å². The first-order chi connectivity index (χ1) is 7.05. The van der Waals surface area contributed by atoms with Crippen molar-refractivity contribution in [2.75, 3.05) is 0 Å². The molecule has 0 bridgehead atoms. The van der Waals surface area contributed by atoms with Crippen LogP contribution in [0.2, 0.25) is 0 Å². The zero-order valence-corrected chi connectivity index (χ0v) is 10.9. The van der Waals surface area contributed by atoms with E-state index in [9.17, 15) is 0 Å². The molecule has 0 radical (unpaired) electrons. The lowest BCUT2D eigenvalue weighted by Crippen LogP contribution is -2.40. The van der Waals surface area contributed by atoms with E-state index in [-0.39, 0.29) is 5.54 Å². The number of hydrogen-bond donors (Lipinski definition) is 1. The standard InChI is InChI=1S/C12H20N2S/c1-5-12(4,14-10-6-7-10)11-13-8(2)9(3)15-11/h10,14H,5-7H2,1-4H3. The molecule has 1 unspecified atom stereocenters. The fourth-order valence-electron chi connectivity index (χ4n) is 1.70. The average molecular weight is 224 g/mol. The van der Waals surface area contributed by atoms with E-state index >= 15 is 0 Å². The van der Waals surface area contributed by atoms with Crippen LogP contribution in [0.1, 0.15) is 48.7 Å². The lowest BCUT2D eigenvalue weighted by Gasteiger charge is -2.27. The van der Waals surface area contributed by atoms with E-state index < -0.39 is 0 Å². The Morgan fingerprint density at radius 1 is 1.47 bits per heavy atom. The lowest BCUT2D eigenvalue weighted by atomic mass is 10.00. The molecular weight excluding hydrogens is 204 g/mol. The van der Waals surface area contributed by atoms with Crippen molar-refractivity contribution < 1.29 is 0 Å². The molecule has 15 heavy (non-hydrogen) atoms. The molecule has 1 aliphatic carbocycles. The van der Waals surface area contributed by atoms with Crippen LogP contribution in [0.3, 0.4) is 0 Å². The molecule has 84 valence electrons. The number of aromatic nitrogens is 1. The van der Waals surface area contributed by atoms with Crippen LogP contribution in [0.25, 0.3) is 0 Å². The SMILES string of the molecule is CCC(C)(NC1CC1)c1nc(C)c(C)s1. The van der Waals surface area contributed by atoms with Crippen molar-refractivity contribution in [3.8, 4) is 0 Å². The highest BCUT2D eigenvalue weighted by molar-refractivity contribution is 7.11. The maximum Gasteiger partial charge on any atom is 0.113 e. The average Bonchev–Trinajstić information content (AvgIpc) is 2.93. The second-order valence-corrected chi connectivity index (χ2v) is 5.97. The summed E-state index contributed by atoms with van der Waals surface area (Å²) in [6, 6.07) is 0.736. The number of aryl methyl sites for hydroxylation is 2. The Balaban J connectivity index is 2.23. The minimum atomic E-state index is 0.0881. The Morgan fingerprint density at radius 2 is 2.13 bits per heavy atom. The minimum Gasteiger partial charge on any atom is -0.303 e. The number of hydrogen-bond acceptors (Lipinski definition) is 3. The van der Waals surface area contributed by atoms with Crippen molar-refractivity contribution in [2.24, 2.45) is 0 Å². The molecule has 2 nitrogen and oxygen atoms in total. The number of rotatable bonds is 4. The van der Waals surface area contributed by atoms with Crippen molar-refractivity contribution in [3.05, 3.63) is 15.6 Å². The highest BCUT2D eigenvalue weighted by Gasteiger charge is 2.34. The predicted octanol–water partition coefficient (Wildman–Crippen LogP) is 3.14. The molecule has 0 amide bonds. The van der Waals surface area contributed by atoms with E-state index in [2.05, 4.69) is 38.0 Å². The molecule has 1 aliphatic rings. The first-order valence-corrected chi connectivity index (χ1v) is 6.59. The Kier molecular flexibility index (Phi) is 2.86. The van der Waals surface area contributed by atoms with Crippen LogP contribution in [-0.4, -0.2) is 11.0 Å². The summed E-state index contributed by atoms with van der Waals surface area (Å²) < 4.78 is 0. The van der Waals surface area contributed by atoms with E-state index in [4.69, 9.17) is 0 Å². The third-order valence-electron chi connectivity index (χ3n) is 3.31. The molecule has 3 heteroatoms. The quantitative estimate of drug-likeness (QED) is 0.850. The van der Waals surface area contributed by atoms with Gasteiger partial charge >= 0.3 is 0 Å². The summed E-state index contributed by atoms with van der Waals surface area (Å²) in [5.74, 6) is 0. The molecule has 1 aromatic rings. The normalized spacial score (nSPS) is 20.3. The van der Waals surface area contributed by atoms with Crippen molar-refractivity contribution in [2.45, 2.75) is 58.5 Å². The van der Waals surface area contributed by atoms with Gasteiger partial charge in [-0.3, -0.25) is 0 Å². The van der Waals surface area contributed by atoms with Gasteiger partial charge in [0.1, 0.15) is 5.01 Å². The topological polar surface area (TPSA) is 24.9 Å². The molecular formula is C12H20N2S. The Bertz CT molecular complexity index is 335. The van der Waals surface area contributed by atoms with Gasteiger partial charge in [-0.05, 0) is 40.0 Å². The van der Waals surface area contributed by atoms with Crippen LogP contribution in [0.5, 0.6) is 0 Å². The van der Waals surface area contributed by atoms with E-state index in [1.54, 1.807) is 0 Å². The van der Waals surface area contributed by atoms with Crippen LogP contribution in [0.4, 0.5) is 0 Å². The van der Waals surface area contributed by atoms with Gasteiger partial charge in [-0.25, -0.2) is 4.98 Å². The van der Waals surface area contributed by atoms with Crippen LogP contribution >= 0.6 is 11.3 Å². The lowest BCUT2D eigenvalue weighted by molar-refractivity contribution is 0.348. The second-order valence-electron chi connectivity index (χ2n) is 4.76. The van der Waals surface area contributed by atoms with E-state index in [0.717, 1.165) is 12.5 Å². The van der Waals surface area contributed by atoms with E-state index in [1.807, 2.05) is 11.3 Å². The largest absolute Gasteiger partial charge is 0.303 e. The summed E-state index contributed by atoms with van der Waals surface area (Å²) in [6.07, 6.45) is 3.77. The first-order valence-electron chi connectivity index (χ1n) is 5.77. The molecule has 0 saturated heterocycles. The van der Waals surface area contributed by atoms with Crippen LogP contribution in [0.15, 0.2) is 0 Å². The zero-order chi connectivity index (χ0) is 11.1. The maximum absolute atomic E-state index is 4.69.